The minimum atomic E-state index is -0.295. The number of hydrogen-bond donors (Lipinski definition) is 0. The SMILES string of the molecule is O=C1N=C(n2ccc3ccccc3c2=O)Cc2ccccc21. The largest absolute Gasteiger partial charge is 0.278 e. The summed E-state index contributed by atoms with van der Waals surface area (Å²) in [5.41, 5.74) is 1.36. The van der Waals surface area contributed by atoms with Gasteiger partial charge in [0.15, 0.2) is 0 Å². The second-order valence-electron chi connectivity index (χ2n) is 5.25. The Morgan fingerprint density at radius 3 is 2.59 bits per heavy atom. The van der Waals surface area contributed by atoms with Crippen LogP contribution >= 0.6 is 0 Å². The molecule has 106 valence electrons. The molecule has 4 heteroatoms. The zero-order valence-electron chi connectivity index (χ0n) is 11.7. The smallest absolute Gasteiger partial charge is 0.271 e. The van der Waals surface area contributed by atoms with Gasteiger partial charge in [-0.3, -0.25) is 14.2 Å². The Morgan fingerprint density at radius 2 is 1.68 bits per heavy atom. The van der Waals surface area contributed by atoms with Crippen molar-refractivity contribution >= 4 is 22.5 Å². The maximum Gasteiger partial charge on any atom is 0.278 e. The van der Waals surface area contributed by atoms with Crippen molar-refractivity contribution in [2.75, 3.05) is 0 Å². The van der Waals surface area contributed by atoms with Gasteiger partial charge in [0.2, 0.25) is 0 Å². The number of amides is 1. The molecule has 2 aromatic carbocycles. The first kappa shape index (κ1) is 12.7. The molecule has 0 aliphatic carbocycles. The minimum absolute atomic E-state index is 0.149. The summed E-state index contributed by atoms with van der Waals surface area (Å²) in [6, 6.07) is 16.6. The van der Waals surface area contributed by atoms with E-state index in [2.05, 4.69) is 4.99 Å². The lowest BCUT2D eigenvalue weighted by Crippen LogP contribution is -2.31. The van der Waals surface area contributed by atoms with Crippen molar-refractivity contribution in [3.63, 3.8) is 0 Å². The van der Waals surface area contributed by atoms with Crippen molar-refractivity contribution in [2.24, 2.45) is 4.99 Å². The maximum atomic E-state index is 12.6. The van der Waals surface area contributed by atoms with Crippen molar-refractivity contribution in [1.29, 1.82) is 0 Å². The third-order valence-electron chi connectivity index (χ3n) is 3.92. The number of pyridine rings is 1. The van der Waals surface area contributed by atoms with Crippen LogP contribution in [0.5, 0.6) is 0 Å². The van der Waals surface area contributed by atoms with Crippen molar-refractivity contribution in [3.05, 3.63) is 82.3 Å². The lowest BCUT2D eigenvalue weighted by atomic mass is 10.0. The number of nitrogens with zero attached hydrogens (tertiary/aromatic N) is 2. The first-order valence-corrected chi connectivity index (χ1v) is 7.04. The van der Waals surface area contributed by atoms with E-state index < -0.39 is 0 Å². The molecule has 1 aliphatic heterocycles. The molecule has 4 rings (SSSR count). The molecule has 0 fully saturated rings. The zero-order chi connectivity index (χ0) is 15.1. The molecular weight excluding hydrogens is 276 g/mol. The molecule has 0 bridgehead atoms. The average molecular weight is 288 g/mol. The summed E-state index contributed by atoms with van der Waals surface area (Å²) in [6.07, 6.45) is 2.16. The van der Waals surface area contributed by atoms with Gasteiger partial charge in [0.05, 0.1) is 0 Å². The van der Waals surface area contributed by atoms with Crippen LogP contribution < -0.4 is 5.56 Å². The molecule has 0 saturated heterocycles. The predicted octanol–water partition coefficient (Wildman–Crippen LogP) is 2.64. The number of aliphatic imine (C=N–C) groups is 1. The maximum absolute atomic E-state index is 12.6. The van der Waals surface area contributed by atoms with Gasteiger partial charge in [0.1, 0.15) is 5.84 Å². The van der Waals surface area contributed by atoms with Crippen LogP contribution in [-0.2, 0) is 6.42 Å². The van der Waals surface area contributed by atoms with E-state index in [9.17, 15) is 9.59 Å². The first-order chi connectivity index (χ1) is 10.7. The molecule has 3 aromatic rings. The summed E-state index contributed by atoms with van der Waals surface area (Å²) in [5.74, 6) is 0.177. The highest BCUT2D eigenvalue weighted by Gasteiger charge is 2.20. The number of carbonyl (C=O) groups excluding carboxylic acids is 1. The molecule has 0 spiro atoms. The topological polar surface area (TPSA) is 51.4 Å². The number of aromatic nitrogens is 1. The van der Waals surface area contributed by atoms with E-state index in [4.69, 9.17) is 0 Å². The Balaban J connectivity index is 1.89. The van der Waals surface area contributed by atoms with Crippen LogP contribution in [0.4, 0.5) is 0 Å². The number of hydrogen-bond acceptors (Lipinski definition) is 2. The fraction of sp³-hybridized carbons (Fsp3) is 0.0556. The molecule has 0 radical (unpaired) electrons. The Morgan fingerprint density at radius 1 is 0.909 bits per heavy atom. The normalized spacial score (nSPS) is 13.8. The number of carbonyl (C=O) groups is 1. The first-order valence-electron chi connectivity index (χ1n) is 7.04. The Labute approximate surface area is 126 Å². The summed E-state index contributed by atoms with van der Waals surface area (Å²) in [6.45, 7) is 0. The van der Waals surface area contributed by atoms with Crippen molar-refractivity contribution in [2.45, 2.75) is 6.42 Å². The zero-order valence-corrected chi connectivity index (χ0v) is 11.7. The number of fused-ring (bicyclic) bond motifs is 2. The second kappa shape index (κ2) is 4.77. The standard InChI is InChI=1S/C18H12N2O2/c21-17-14-7-3-2-6-13(14)11-16(19-17)20-10-9-12-5-1-4-8-15(12)18(20)22/h1-10H,11H2. The third-order valence-corrected chi connectivity index (χ3v) is 3.92. The van der Waals surface area contributed by atoms with Crippen LogP contribution in [0.15, 0.2) is 70.6 Å². The second-order valence-corrected chi connectivity index (χ2v) is 5.25. The number of rotatable bonds is 0. The van der Waals surface area contributed by atoms with E-state index in [1.165, 1.54) is 4.57 Å². The average Bonchev–Trinajstić information content (AvgIpc) is 2.55. The van der Waals surface area contributed by atoms with Crippen LogP contribution in [0.3, 0.4) is 0 Å². The lowest BCUT2D eigenvalue weighted by molar-refractivity contribution is 0.0999. The molecule has 0 unspecified atom stereocenters. The highest BCUT2D eigenvalue weighted by Crippen LogP contribution is 2.17. The summed E-state index contributed by atoms with van der Waals surface area (Å²) in [5, 5.41) is 1.51. The summed E-state index contributed by atoms with van der Waals surface area (Å²) >= 11 is 0. The van der Waals surface area contributed by atoms with Gasteiger partial charge in [0.25, 0.3) is 11.5 Å². The number of benzene rings is 2. The Kier molecular flexibility index (Phi) is 2.76. The van der Waals surface area contributed by atoms with E-state index in [-0.39, 0.29) is 11.5 Å². The van der Waals surface area contributed by atoms with Crippen molar-refractivity contribution < 1.29 is 4.79 Å². The molecule has 0 atom stereocenters. The summed E-state index contributed by atoms with van der Waals surface area (Å²) in [4.78, 5) is 28.9. The van der Waals surface area contributed by atoms with Gasteiger partial charge >= 0.3 is 0 Å². The molecule has 0 N–H and O–H groups in total. The predicted molar refractivity (Wildman–Crippen MR) is 85.5 cm³/mol. The molecule has 1 amide bonds. The Hall–Kier alpha value is -3.01. The molecule has 22 heavy (non-hydrogen) atoms. The van der Waals surface area contributed by atoms with Gasteiger partial charge in [0, 0.05) is 23.6 Å². The fourth-order valence-electron chi connectivity index (χ4n) is 2.80. The molecule has 0 saturated carbocycles. The van der Waals surface area contributed by atoms with E-state index in [0.717, 1.165) is 10.9 Å². The minimum Gasteiger partial charge on any atom is -0.271 e. The molecular formula is C18H12N2O2. The fourth-order valence-corrected chi connectivity index (χ4v) is 2.80. The van der Waals surface area contributed by atoms with Crippen LogP contribution in [0.1, 0.15) is 15.9 Å². The van der Waals surface area contributed by atoms with Crippen molar-refractivity contribution in [3.8, 4) is 0 Å². The van der Waals surface area contributed by atoms with Crippen LogP contribution in [0.2, 0.25) is 0 Å². The Bertz CT molecular complexity index is 999. The highest BCUT2D eigenvalue weighted by atomic mass is 16.1. The van der Waals surface area contributed by atoms with E-state index in [1.54, 1.807) is 18.3 Å². The monoisotopic (exact) mass is 288 g/mol. The third kappa shape index (κ3) is 1.89. The van der Waals surface area contributed by atoms with Crippen LogP contribution in [-0.4, -0.2) is 16.3 Å². The molecule has 1 aliphatic rings. The lowest BCUT2D eigenvalue weighted by Gasteiger charge is -2.16. The highest BCUT2D eigenvalue weighted by molar-refractivity contribution is 6.09. The molecule has 1 aromatic heterocycles. The van der Waals surface area contributed by atoms with Gasteiger partial charge in [-0.15, -0.1) is 0 Å². The quantitative estimate of drug-likeness (QED) is 0.638. The summed E-state index contributed by atoms with van der Waals surface area (Å²) in [7, 11) is 0. The van der Waals surface area contributed by atoms with Gasteiger partial charge in [-0.1, -0.05) is 36.4 Å². The van der Waals surface area contributed by atoms with E-state index in [1.807, 2.05) is 42.5 Å². The molecule has 2 heterocycles. The van der Waals surface area contributed by atoms with Gasteiger partial charge in [-0.25, -0.2) is 0 Å². The van der Waals surface area contributed by atoms with Gasteiger partial charge in [-0.2, -0.15) is 4.99 Å². The van der Waals surface area contributed by atoms with Crippen LogP contribution in [0, 0.1) is 0 Å². The van der Waals surface area contributed by atoms with E-state index in [0.29, 0.717) is 23.2 Å². The van der Waals surface area contributed by atoms with Crippen molar-refractivity contribution in [1.82, 2.24) is 4.57 Å². The van der Waals surface area contributed by atoms with E-state index >= 15 is 0 Å². The van der Waals surface area contributed by atoms with Gasteiger partial charge in [-0.05, 0) is 29.1 Å². The van der Waals surface area contributed by atoms with Crippen LogP contribution in [0.25, 0.3) is 10.8 Å². The molecule has 4 nitrogen and oxygen atoms in total. The van der Waals surface area contributed by atoms with Gasteiger partial charge < -0.3 is 0 Å². The summed E-state index contributed by atoms with van der Waals surface area (Å²) < 4.78 is 1.47.